The molecular formula is C16H14ClNO6S. The lowest BCUT2D eigenvalue weighted by Gasteiger charge is -2.26. The highest BCUT2D eigenvalue weighted by molar-refractivity contribution is 7.89. The van der Waals surface area contributed by atoms with Crippen LogP contribution < -0.4 is 14.2 Å². The Hall–Kier alpha value is -2.29. The molecule has 25 heavy (non-hydrogen) atoms. The van der Waals surface area contributed by atoms with Crippen LogP contribution in [0.1, 0.15) is 10.4 Å². The van der Waals surface area contributed by atoms with Crippen LogP contribution in [0.2, 0.25) is 5.02 Å². The topological polar surface area (TPSA) is 102 Å². The van der Waals surface area contributed by atoms with E-state index < -0.39 is 22.1 Å². The fraction of sp³-hybridized carbons (Fsp3) is 0.188. The van der Waals surface area contributed by atoms with Crippen LogP contribution in [-0.2, 0) is 10.0 Å². The number of sulfonamides is 1. The van der Waals surface area contributed by atoms with Gasteiger partial charge >= 0.3 is 5.97 Å². The largest absolute Gasteiger partial charge is 0.486 e. The van der Waals surface area contributed by atoms with Crippen LogP contribution >= 0.6 is 11.6 Å². The van der Waals surface area contributed by atoms with Crippen molar-refractivity contribution in [2.24, 2.45) is 0 Å². The molecule has 0 spiro atoms. The molecule has 2 aromatic rings. The molecular weight excluding hydrogens is 370 g/mol. The van der Waals surface area contributed by atoms with E-state index >= 15 is 0 Å². The molecule has 1 heterocycles. The van der Waals surface area contributed by atoms with Crippen molar-refractivity contribution >= 4 is 27.6 Å². The van der Waals surface area contributed by atoms with Crippen molar-refractivity contribution in [2.45, 2.75) is 11.0 Å². The molecule has 0 unspecified atom stereocenters. The van der Waals surface area contributed by atoms with Crippen LogP contribution in [0.25, 0.3) is 0 Å². The van der Waals surface area contributed by atoms with Crippen molar-refractivity contribution in [3.8, 4) is 11.5 Å². The summed E-state index contributed by atoms with van der Waals surface area (Å²) in [5.74, 6) is -0.161. The molecule has 2 N–H and O–H groups in total. The van der Waals surface area contributed by atoms with Gasteiger partial charge in [0.1, 0.15) is 12.7 Å². The Morgan fingerprint density at radius 1 is 1.24 bits per heavy atom. The van der Waals surface area contributed by atoms with Crippen molar-refractivity contribution < 1.29 is 27.8 Å². The van der Waals surface area contributed by atoms with Crippen molar-refractivity contribution in [1.29, 1.82) is 0 Å². The van der Waals surface area contributed by atoms with Crippen LogP contribution in [0, 0.1) is 0 Å². The Labute approximate surface area is 149 Å². The zero-order valence-electron chi connectivity index (χ0n) is 12.8. The Kier molecular flexibility index (Phi) is 4.85. The summed E-state index contributed by atoms with van der Waals surface area (Å²) >= 11 is 5.76. The number of carboxylic acids is 1. The molecule has 0 fully saturated rings. The van der Waals surface area contributed by atoms with Crippen molar-refractivity contribution in [1.82, 2.24) is 4.72 Å². The van der Waals surface area contributed by atoms with Gasteiger partial charge in [-0.25, -0.2) is 17.9 Å². The third kappa shape index (κ3) is 3.87. The lowest BCUT2D eigenvalue weighted by Crippen LogP contribution is -2.40. The number of ether oxygens (including phenoxy) is 2. The number of rotatable bonds is 5. The second-order valence-corrected chi connectivity index (χ2v) is 7.47. The monoisotopic (exact) mass is 383 g/mol. The summed E-state index contributed by atoms with van der Waals surface area (Å²) in [4.78, 5) is 10.9. The molecule has 0 aliphatic carbocycles. The predicted molar refractivity (Wildman–Crippen MR) is 90.0 cm³/mol. The number of fused-ring (bicyclic) bond motifs is 1. The van der Waals surface area contributed by atoms with Crippen LogP contribution in [0.15, 0.2) is 47.4 Å². The number of benzene rings is 2. The van der Waals surface area contributed by atoms with E-state index in [9.17, 15) is 13.2 Å². The van der Waals surface area contributed by atoms with E-state index in [1.807, 2.05) is 6.07 Å². The molecule has 0 bridgehead atoms. The molecule has 0 amide bonds. The first-order valence-electron chi connectivity index (χ1n) is 7.28. The smallest absolute Gasteiger partial charge is 0.337 e. The summed E-state index contributed by atoms with van der Waals surface area (Å²) in [5.41, 5.74) is -0.282. The average Bonchev–Trinajstić information content (AvgIpc) is 2.60. The molecule has 1 aliphatic rings. The van der Waals surface area contributed by atoms with Gasteiger partial charge in [-0.2, -0.15) is 0 Å². The first-order valence-corrected chi connectivity index (χ1v) is 9.14. The van der Waals surface area contributed by atoms with Crippen molar-refractivity contribution in [3.63, 3.8) is 0 Å². The van der Waals surface area contributed by atoms with Gasteiger partial charge in [0, 0.05) is 0 Å². The van der Waals surface area contributed by atoms with E-state index in [1.165, 1.54) is 12.1 Å². The van der Waals surface area contributed by atoms with Crippen molar-refractivity contribution in [2.75, 3.05) is 13.2 Å². The molecule has 7 nitrogen and oxygen atoms in total. The number of nitrogens with one attached hydrogen (secondary N) is 1. The second-order valence-electron chi connectivity index (χ2n) is 5.30. The lowest BCUT2D eigenvalue weighted by atomic mass is 10.2. The van der Waals surface area contributed by atoms with Gasteiger partial charge in [-0.15, -0.1) is 0 Å². The maximum absolute atomic E-state index is 12.4. The molecule has 0 aromatic heterocycles. The Bertz CT molecular complexity index is 915. The van der Waals surface area contributed by atoms with Gasteiger partial charge in [-0.3, -0.25) is 0 Å². The highest BCUT2D eigenvalue weighted by Gasteiger charge is 2.24. The maximum atomic E-state index is 12.4. The van der Waals surface area contributed by atoms with Gasteiger partial charge in [-0.05, 0) is 30.3 Å². The minimum absolute atomic E-state index is 0.0261. The second kappa shape index (κ2) is 6.91. The van der Waals surface area contributed by atoms with Crippen LogP contribution in [0.3, 0.4) is 0 Å². The normalized spacial score (nSPS) is 16.4. The molecule has 3 rings (SSSR count). The third-order valence-corrected chi connectivity index (χ3v) is 5.30. The van der Waals surface area contributed by atoms with E-state index in [4.69, 9.17) is 26.2 Å². The first-order chi connectivity index (χ1) is 11.9. The van der Waals surface area contributed by atoms with Gasteiger partial charge in [0.2, 0.25) is 10.0 Å². The Morgan fingerprint density at radius 2 is 1.96 bits per heavy atom. The summed E-state index contributed by atoms with van der Waals surface area (Å²) in [6, 6.07) is 10.6. The van der Waals surface area contributed by atoms with Crippen LogP contribution in [0.4, 0.5) is 0 Å². The standard InChI is InChI=1S/C16H14ClNO6S/c17-13-6-5-11(7-12(13)16(19)20)25(21,22)18-8-10-9-23-14-3-1-2-4-15(14)24-10/h1-7,10,18H,8-9H2,(H,19,20)/t10-/m0/s1. The highest BCUT2D eigenvalue weighted by atomic mass is 35.5. The maximum Gasteiger partial charge on any atom is 0.337 e. The number of hydrogen-bond acceptors (Lipinski definition) is 5. The number of para-hydroxylation sites is 2. The SMILES string of the molecule is O=C(O)c1cc(S(=O)(=O)NC[C@H]2COc3ccccc3O2)ccc1Cl. The van der Waals surface area contributed by atoms with Crippen LogP contribution in [-0.4, -0.2) is 38.7 Å². The van der Waals surface area contributed by atoms with E-state index in [2.05, 4.69) is 4.72 Å². The van der Waals surface area contributed by atoms with E-state index in [0.29, 0.717) is 11.5 Å². The van der Waals surface area contributed by atoms with Gasteiger partial charge in [-0.1, -0.05) is 23.7 Å². The number of hydrogen-bond donors (Lipinski definition) is 2. The number of aromatic carboxylic acids is 1. The molecule has 0 saturated carbocycles. The highest BCUT2D eigenvalue weighted by Crippen LogP contribution is 2.30. The van der Waals surface area contributed by atoms with Crippen LogP contribution in [0.5, 0.6) is 11.5 Å². The minimum Gasteiger partial charge on any atom is -0.486 e. The van der Waals surface area contributed by atoms with E-state index in [0.717, 1.165) is 6.07 Å². The summed E-state index contributed by atoms with van der Waals surface area (Å²) in [5, 5.41) is 9.01. The summed E-state index contributed by atoms with van der Waals surface area (Å²) in [6.45, 7) is 0.169. The molecule has 1 aliphatic heterocycles. The van der Waals surface area contributed by atoms with Gasteiger partial charge in [0.25, 0.3) is 0 Å². The summed E-state index contributed by atoms with van der Waals surface area (Å²) in [6.07, 6.45) is -0.504. The average molecular weight is 384 g/mol. The number of carbonyl (C=O) groups is 1. The molecule has 132 valence electrons. The van der Waals surface area contributed by atoms with Gasteiger partial charge in [0.15, 0.2) is 11.5 Å². The van der Waals surface area contributed by atoms with Crippen molar-refractivity contribution in [3.05, 3.63) is 53.1 Å². The van der Waals surface area contributed by atoms with E-state index in [1.54, 1.807) is 18.2 Å². The minimum atomic E-state index is -3.92. The molecule has 1 atom stereocenters. The first kappa shape index (κ1) is 17.5. The molecule has 9 heteroatoms. The third-order valence-electron chi connectivity index (χ3n) is 3.55. The summed E-state index contributed by atoms with van der Waals surface area (Å²) < 4.78 is 38.3. The zero-order chi connectivity index (χ0) is 18.0. The quantitative estimate of drug-likeness (QED) is 0.820. The molecule has 0 radical (unpaired) electrons. The van der Waals surface area contributed by atoms with E-state index in [-0.39, 0.29) is 28.6 Å². The summed E-state index contributed by atoms with van der Waals surface area (Å²) in [7, 11) is -3.92. The zero-order valence-corrected chi connectivity index (χ0v) is 14.4. The lowest BCUT2D eigenvalue weighted by molar-refractivity contribution is 0.0697. The fourth-order valence-corrected chi connectivity index (χ4v) is 3.58. The fourth-order valence-electron chi connectivity index (χ4n) is 2.29. The molecule has 0 saturated heterocycles. The number of carboxylic acid groups (broad SMARTS) is 1. The Morgan fingerprint density at radius 3 is 2.68 bits per heavy atom. The Balaban J connectivity index is 1.71. The number of halogens is 1. The molecule has 2 aromatic carbocycles. The predicted octanol–water partition coefficient (Wildman–Crippen LogP) is 2.16. The van der Waals surface area contributed by atoms with Gasteiger partial charge < -0.3 is 14.6 Å². The van der Waals surface area contributed by atoms with Gasteiger partial charge in [0.05, 0.1) is 22.0 Å².